The molecule has 5 aliphatic rings. The van der Waals surface area contributed by atoms with E-state index in [-0.39, 0.29) is 6.04 Å². The van der Waals surface area contributed by atoms with Crippen LogP contribution >= 0.6 is 0 Å². The summed E-state index contributed by atoms with van der Waals surface area (Å²) in [6.45, 7) is 4.58. The monoisotopic (exact) mass is 377 g/mol. The van der Waals surface area contributed by atoms with E-state index in [2.05, 4.69) is 55.6 Å². The van der Waals surface area contributed by atoms with Crippen molar-refractivity contribution >= 4 is 0 Å². The fourth-order valence-electron chi connectivity index (χ4n) is 5.28. The molecule has 0 saturated heterocycles. The second-order valence-corrected chi connectivity index (χ2v) is 9.04. The van der Waals surface area contributed by atoms with Crippen molar-refractivity contribution < 1.29 is 5.11 Å². The van der Waals surface area contributed by atoms with Crippen LogP contribution in [0.2, 0.25) is 0 Å². The van der Waals surface area contributed by atoms with Gasteiger partial charge in [-0.25, -0.2) is 0 Å². The van der Waals surface area contributed by atoms with Gasteiger partial charge in [-0.15, -0.1) is 0 Å². The second-order valence-electron chi connectivity index (χ2n) is 9.04. The van der Waals surface area contributed by atoms with Crippen molar-refractivity contribution in [3.8, 4) is 5.75 Å². The molecule has 0 unspecified atom stereocenters. The zero-order valence-electron chi connectivity index (χ0n) is 17.5. The Morgan fingerprint density at radius 3 is 2.00 bits per heavy atom. The Labute approximate surface area is 170 Å². The van der Waals surface area contributed by atoms with Gasteiger partial charge in [-0.2, -0.15) is 0 Å². The van der Waals surface area contributed by atoms with E-state index in [1.165, 1.54) is 48.8 Å². The van der Waals surface area contributed by atoms with Crippen LogP contribution < -0.4 is 5.32 Å². The first-order chi connectivity index (χ1) is 13.6. The summed E-state index contributed by atoms with van der Waals surface area (Å²) in [5.74, 6) is 1.30. The van der Waals surface area contributed by atoms with Crippen molar-refractivity contribution in [1.82, 2.24) is 5.32 Å². The molecule has 2 nitrogen and oxygen atoms in total. The summed E-state index contributed by atoms with van der Waals surface area (Å²) in [5.41, 5.74) is 6.25. The van der Waals surface area contributed by atoms with Gasteiger partial charge in [-0.3, -0.25) is 0 Å². The number of hydrogen-bond donors (Lipinski definition) is 2. The predicted molar refractivity (Wildman–Crippen MR) is 117 cm³/mol. The van der Waals surface area contributed by atoms with Crippen LogP contribution in [0.15, 0.2) is 36.4 Å². The standard InChI is InChI=1S/C26H35NO/c1-18(22-6-4-3-5-7-22)27-19(2)25-23-14-12-20-8-10-21(11-9-20)13-15-24(17-16-23)26(25)28/h8-11,16-19,22,27-28H,3-7,12-15H2,1-2H3/t18-,19+/m0/s1. The molecule has 1 saturated carbocycles. The van der Waals surface area contributed by atoms with E-state index < -0.39 is 0 Å². The first kappa shape index (κ1) is 19.5. The van der Waals surface area contributed by atoms with Crippen LogP contribution in [0.25, 0.3) is 0 Å². The molecule has 28 heavy (non-hydrogen) atoms. The number of phenols is 1. The van der Waals surface area contributed by atoms with Crippen molar-refractivity contribution in [2.75, 3.05) is 0 Å². The number of benzene rings is 2. The first-order valence-corrected chi connectivity index (χ1v) is 11.3. The molecule has 1 fully saturated rings. The molecular weight excluding hydrogens is 342 g/mol. The molecule has 2 N–H and O–H groups in total. The molecule has 0 spiro atoms. The third-order valence-electron chi connectivity index (χ3n) is 7.08. The molecule has 0 heterocycles. The molecule has 2 heteroatoms. The molecule has 150 valence electrons. The molecule has 0 aliphatic heterocycles. The third-order valence-corrected chi connectivity index (χ3v) is 7.08. The van der Waals surface area contributed by atoms with Gasteiger partial charge in [-0.1, -0.05) is 55.7 Å². The van der Waals surface area contributed by atoms with Crippen LogP contribution in [-0.4, -0.2) is 11.1 Å². The Morgan fingerprint density at radius 1 is 0.786 bits per heavy atom. The molecule has 2 aromatic carbocycles. The Morgan fingerprint density at radius 2 is 1.36 bits per heavy atom. The Kier molecular flexibility index (Phi) is 6.06. The largest absolute Gasteiger partial charge is 0.507 e. The van der Waals surface area contributed by atoms with Gasteiger partial charge in [0.25, 0.3) is 0 Å². The molecule has 0 amide bonds. The highest BCUT2D eigenvalue weighted by Crippen LogP contribution is 2.35. The zero-order chi connectivity index (χ0) is 19.5. The average molecular weight is 378 g/mol. The summed E-state index contributed by atoms with van der Waals surface area (Å²) < 4.78 is 0. The summed E-state index contributed by atoms with van der Waals surface area (Å²) in [5, 5.41) is 15.0. The summed E-state index contributed by atoms with van der Waals surface area (Å²) in [4.78, 5) is 0. The smallest absolute Gasteiger partial charge is 0.123 e. The highest BCUT2D eigenvalue weighted by atomic mass is 16.3. The molecule has 2 aromatic rings. The number of hydrogen-bond acceptors (Lipinski definition) is 2. The van der Waals surface area contributed by atoms with E-state index in [4.69, 9.17) is 0 Å². The zero-order valence-corrected chi connectivity index (χ0v) is 17.5. The minimum atomic E-state index is 0.177. The van der Waals surface area contributed by atoms with E-state index in [9.17, 15) is 5.11 Å². The number of rotatable bonds is 4. The van der Waals surface area contributed by atoms with Gasteiger partial charge in [0.15, 0.2) is 0 Å². The number of nitrogens with one attached hydrogen (secondary N) is 1. The highest BCUT2D eigenvalue weighted by Gasteiger charge is 2.24. The van der Waals surface area contributed by atoms with Crippen molar-refractivity contribution in [1.29, 1.82) is 0 Å². The lowest BCUT2D eigenvalue weighted by Gasteiger charge is -2.32. The molecule has 4 bridgehead atoms. The van der Waals surface area contributed by atoms with Crippen molar-refractivity contribution in [3.05, 3.63) is 64.2 Å². The second kappa shape index (κ2) is 8.69. The van der Waals surface area contributed by atoms with E-state index in [0.717, 1.165) is 42.7 Å². The van der Waals surface area contributed by atoms with Crippen LogP contribution in [0, 0.1) is 5.92 Å². The van der Waals surface area contributed by atoms with Crippen molar-refractivity contribution in [2.24, 2.45) is 5.92 Å². The summed E-state index contributed by atoms with van der Waals surface area (Å²) in [6.07, 6.45) is 10.7. The number of phenolic OH excluding ortho intramolecular Hbond substituents is 1. The molecular formula is C26H35NO. The third kappa shape index (κ3) is 4.27. The van der Waals surface area contributed by atoms with Gasteiger partial charge in [0.05, 0.1) is 0 Å². The fraction of sp³-hybridized carbons (Fsp3) is 0.538. The lowest BCUT2D eigenvalue weighted by molar-refractivity contribution is 0.266. The van der Waals surface area contributed by atoms with Crippen LogP contribution in [0.4, 0.5) is 0 Å². The van der Waals surface area contributed by atoms with E-state index in [1.54, 1.807) is 0 Å². The average Bonchev–Trinajstić information content (AvgIpc) is 2.71. The van der Waals surface area contributed by atoms with Crippen LogP contribution in [0.3, 0.4) is 0 Å². The molecule has 5 aliphatic carbocycles. The van der Waals surface area contributed by atoms with Gasteiger partial charge >= 0.3 is 0 Å². The maximum absolute atomic E-state index is 11.2. The van der Waals surface area contributed by atoms with Crippen molar-refractivity contribution in [2.45, 2.75) is 83.7 Å². The molecule has 0 aromatic heterocycles. The van der Waals surface area contributed by atoms with E-state index >= 15 is 0 Å². The lowest BCUT2D eigenvalue weighted by atomic mass is 9.83. The lowest BCUT2D eigenvalue weighted by Crippen LogP contribution is -2.36. The van der Waals surface area contributed by atoms with Gasteiger partial charge < -0.3 is 10.4 Å². The van der Waals surface area contributed by atoms with Gasteiger partial charge in [0, 0.05) is 17.6 Å². The quantitative estimate of drug-likeness (QED) is 0.696. The number of aromatic hydroxyl groups is 1. The van der Waals surface area contributed by atoms with Crippen molar-refractivity contribution in [3.63, 3.8) is 0 Å². The maximum atomic E-state index is 11.2. The van der Waals surface area contributed by atoms with E-state index in [0.29, 0.717) is 11.8 Å². The minimum Gasteiger partial charge on any atom is -0.507 e. The molecule has 0 radical (unpaired) electrons. The highest BCUT2D eigenvalue weighted by molar-refractivity contribution is 5.48. The fourth-order valence-corrected chi connectivity index (χ4v) is 5.28. The maximum Gasteiger partial charge on any atom is 0.123 e. The normalized spacial score (nSPS) is 19.8. The Balaban J connectivity index is 1.59. The first-order valence-electron chi connectivity index (χ1n) is 11.3. The van der Waals surface area contributed by atoms with Crippen LogP contribution in [0.1, 0.15) is 79.8 Å². The van der Waals surface area contributed by atoms with E-state index in [1.807, 2.05) is 0 Å². The van der Waals surface area contributed by atoms with Crippen LogP contribution in [0.5, 0.6) is 5.75 Å². The van der Waals surface area contributed by atoms with Gasteiger partial charge in [0.1, 0.15) is 5.75 Å². The minimum absolute atomic E-state index is 0.177. The SMILES string of the molecule is C[C@H](N[C@H](C)c1c2ccc(c1O)CCc1ccc(cc1)CC2)C1CCCCC1. The predicted octanol–water partition coefficient (Wildman–Crippen LogP) is 5.90. The number of aryl methyl sites for hydroxylation is 4. The summed E-state index contributed by atoms with van der Waals surface area (Å²) >= 11 is 0. The topological polar surface area (TPSA) is 32.3 Å². The summed E-state index contributed by atoms with van der Waals surface area (Å²) in [7, 11) is 0. The Hall–Kier alpha value is -1.80. The van der Waals surface area contributed by atoms with Gasteiger partial charge in [0.2, 0.25) is 0 Å². The molecule has 7 rings (SSSR count). The molecule has 2 atom stereocenters. The summed E-state index contributed by atoms with van der Waals surface area (Å²) in [6, 6.07) is 14.1. The van der Waals surface area contributed by atoms with Crippen LogP contribution in [-0.2, 0) is 25.7 Å². The van der Waals surface area contributed by atoms with Gasteiger partial charge in [-0.05, 0) is 80.5 Å². The Bertz CT molecular complexity index is 789.